The lowest BCUT2D eigenvalue weighted by atomic mass is 9.86. The van der Waals surface area contributed by atoms with Crippen molar-refractivity contribution >= 4 is 5.91 Å². The predicted molar refractivity (Wildman–Crippen MR) is 105 cm³/mol. The van der Waals surface area contributed by atoms with Crippen molar-refractivity contribution in [3.05, 3.63) is 53.6 Å². The Morgan fingerprint density at radius 3 is 2.42 bits per heavy atom. The first kappa shape index (κ1) is 18.7. The lowest BCUT2D eigenvalue weighted by Crippen LogP contribution is -2.44. The summed E-state index contributed by atoms with van der Waals surface area (Å²) >= 11 is 0. The molecular weight excluding hydrogens is 322 g/mol. The number of nitrogens with one attached hydrogen (secondary N) is 1. The Morgan fingerprint density at radius 2 is 1.81 bits per heavy atom. The van der Waals surface area contributed by atoms with Gasteiger partial charge in [-0.3, -0.25) is 4.79 Å². The maximum atomic E-state index is 13.6. The Labute approximate surface area is 157 Å². The molecule has 4 heteroatoms. The number of aromatic nitrogens is 2. The molecule has 0 saturated heterocycles. The van der Waals surface area contributed by atoms with Gasteiger partial charge in [-0.2, -0.15) is 0 Å². The number of H-pyrrole nitrogens is 1. The topological polar surface area (TPSA) is 49.0 Å². The molecule has 1 amide bonds. The van der Waals surface area contributed by atoms with Crippen molar-refractivity contribution < 1.29 is 4.79 Å². The van der Waals surface area contributed by atoms with Crippen LogP contribution in [0.1, 0.15) is 63.5 Å². The van der Waals surface area contributed by atoms with Gasteiger partial charge in [0.05, 0.1) is 12.0 Å². The predicted octanol–water partition coefficient (Wildman–Crippen LogP) is 4.59. The van der Waals surface area contributed by atoms with Crippen LogP contribution in [-0.2, 0) is 11.2 Å². The summed E-state index contributed by atoms with van der Waals surface area (Å²) in [6.45, 7) is 9.57. The van der Waals surface area contributed by atoms with Crippen LogP contribution in [0, 0.1) is 17.8 Å². The zero-order valence-electron chi connectivity index (χ0n) is 16.4. The molecule has 140 valence electrons. The molecule has 1 N–H and O–H groups in total. The zero-order chi connectivity index (χ0) is 18.7. The highest BCUT2D eigenvalue weighted by Gasteiger charge is 2.37. The van der Waals surface area contributed by atoms with E-state index in [9.17, 15) is 4.79 Å². The van der Waals surface area contributed by atoms with Gasteiger partial charge in [-0.05, 0) is 30.2 Å². The Balaban J connectivity index is 1.94. The number of carbonyl (C=O) groups excluding carboxylic acids is 1. The molecule has 0 fully saturated rings. The van der Waals surface area contributed by atoms with Crippen LogP contribution >= 0.6 is 0 Å². The Bertz CT molecular complexity index is 710. The highest BCUT2D eigenvalue weighted by Crippen LogP contribution is 2.35. The normalized spacial score (nSPS) is 17.2. The molecule has 4 nitrogen and oxygen atoms in total. The number of carbonyl (C=O) groups is 1. The number of rotatable bonds is 6. The van der Waals surface area contributed by atoms with E-state index in [-0.39, 0.29) is 17.9 Å². The van der Waals surface area contributed by atoms with Gasteiger partial charge in [0.15, 0.2) is 0 Å². The number of hydrogen-bond acceptors (Lipinski definition) is 2. The van der Waals surface area contributed by atoms with Crippen LogP contribution in [0.2, 0.25) is 0 Å². The lowest BCUT2D eigenvalue weighted by Gasteiger charge is -2.38. The summed E-state index contributed by atoms with van der Waals surface area (Å²) in [5.41, 5.74) is 3.30. The van der Waals surface area contributed by atoms with Gasteiger partial charge in [-0.15, -0.1) is 0 Å². The smallest absolute Gasteiger partial charge is 0.226 e. The van der Waals surface area contributed by atoms with Crippen molar-refractivity contribution in [1.29, 1.82) is 0 Å². The van der Waals surface area contributed by atoms with E-state index >= 15 is 0 Å². The van der Waals surface area contributed by atoms with Crippen LogP contribution in [0.25, 0.3) is 0 Å². The Hall–Kier alpha value is -2.10. The molecule has 0 aliphatic carbocycles. The SMILES string of the molecule is CC(C)CC(CC(C)C)C(=O)N1CCc2[nH]cnc2C1c1ccccc1. The molecule has 0 saturated carbocycles. The van der Waals surface area contributed by atoms with Crippen molar-refractivity contribution in [3.63, 3.8) is 0 Å². The van der Waals surface area contributed by atoms with Gasteiger partial charge in [0, 0.05) is 24.6 Å². The third-order valence-electron chi connectivity index (χ3n) is 5.18. The monoisotopic (exact) mass is 353 g/mol. The van der Waals surface area contributed by atoms with E-state index in [1.807, 2.05) is 18.2 Å². The molecule has 0 radical (unpaired) electrons. The highest BCUT2D eigenvalue weighted by atomic mass is 16.2. The first-order valence-corrected chi connectivity index (χ1v) is 9.85. The molecular formula is C22H31N3O. The molecule has 1 aliphatic rings. The molecule has 0 bridgehead atoms. The number of fused-ring (bicyclic) bond motifs is 1. The Kier molecular flexibility index (Phi) is 5.80. The molecule has 26 heavy (non-hydrogen) atoms. The largest absolute Gasteiger partial charge is 0.348 e. The van der Waals surface area contributed by atoms with Crippen LogP contribution in [0.4, 0.5) is 0 Å². The number of amides is 1. The molecule has 1 atom stereocenters. The molecule has 1 unspecified atom stereocenters. The molecule has 0 spiro atoms. The second-order valence-electron chi connectivity index (χ2n) is 8.32. The quantitative estimate of drug-likeness (QED) is 0.825. The van der Waals surface area contributed by atoms with E-state index in [0.29, 0.717) is 11.8 Å². The first-order chi connectivity index (χ1) is 12.5. The van der Waals surface area contributed by atoms with E-state index in [2.05, 4.69) is 54.7 Å². The minimum absolute atomic E-state index is 0.0828. The minimum atomic E-state index is -0.0828. The summed E-state index contributed by atoms with van der Waals surface area (Å²) in [4.78, 5) is 23.5. The molecule has 2 aromatic rings. The van der Waals surface area contributed by atoms with Gasteiger partial charge in [-0.25, -0.2) is 4.98 Å². The van der Waals surface area contributed by atoms with Crippen LogP contribution in [-0.4, -0.2) is 27.3 Å². The van der Waals surface area contributed by atoms with E-state index in [1.54, 1.807) is 6.33 Å². The summed E-state index contributed by atoms with van der Waals surface area (Å²) in [6, 6.07) is 10.2. The summed E-state index contributed by atoms with van der Waals surface area (Å²) in [7, 11) is 0. The summed E-state index contributed by atoms with van der Waals surface area (Å²) in [5.74, 6) is 1.41. The maximum Gasteiger partial charge on any atom is 0.226 e. The third kappa shape index (κ3) is 4.00. The van der Waals surface area contributed by atoms with E-state index in [1.165, 1.54) is 0 Å². The second-order valence-corrected chi connectivity index (χ2v) is 8.32. The maximum absolute atomic E-state index is 13.6. The third-order valence-corrected chi connectivity index (χ3v) is 5.18. The van der Waals surface area contributed by atoms with Gasteiger partial charge in [0.25, 0.3) is 0 Å². The molecule has 2 heterocycles. The molecule has 3 rings (SSSR count). The van der Waals surface area contributed by atoms with Gasteiger partial charge < -0.3 is 9.88 Å². The van der Waals surface area contributed by atoms with Crippen molar-refractivity contribution in [2.75, 3.05) is 6.54 Å². The van der Waals surface area contributed by atoms with Gasteiger partial charge in [0.1, 0.15) is 6.04 Å². The number of imidazole rings is 1. The first-order valence-electron chi connectivity index (χ1n) is 9.85. The molecule has 1 aromatic carbocycles. The van der Waals surface area contributed by atoms with Gasteiger partial charge >= 0.3 is 0 Å². The second kappa shape index (κ2) is 8.07. The van der Waals surface area contributed by atoms with Crippen molar-refractivity contribution in [2.45, 2.75) is 53.0 Å². The minimum Gasteiger partial charge on any atom is -0.348 e. The van der Waals surface area contributed by atoms with E-state index in [0.717, 1.165) is 42.8 Å². The van der Waals surface area contributed by atoms with Crippen LogP contribution in [0.15, 0.2) is 36.7 Å². The number of benzene rings is 1. The molecule has 1 aliphatic heterocycles. The number of hydrogen-bond donors (Lipinski definition) is 1. The van der Waals surface area contributed by atoms with Gasteiger partial charge in [-0.1, -0.05) is 58.0 Å². The molecule has 1 aromatic heterocycles. The fraction of sp³-hybridized carbons (Fsp3) is 0.545. The summed E-state index contributed by atoms with van der Waals surface area (Å²) < 4.78 is 0. The fourth-order valence-electron chi connectivity index (χ4n) is 4.16. The summed E-state index contributed by atoms with van der Waals surface area (Å²) in [6.07, 6.45) is 4.50. The number of nitrogens with zero attached hydrogens (tertiary/aromatic N) is 2. The van der Waals surface area contributed by atoms with Crippen LogP contribution in [0.5, 0.6) is 0 Å². The number of aromatic amines is 1. The zero-order valence-corrected chi connectivity index (χ0v) is 16.4. The van der Waals surface area contributed by atoms with Crippen molar-refractivity contribution in [2.24, 2.45) is 17.8 Å². The van der Waals surface area contributed by atoms with E-state index in [4.69, 9.17) is 0 Å². The van der Waals surface area contributed by atoms with Gasteiger partial charge in [0.2, 0.25) is 5.91 Å². The van der Waals surface area contributed by atoms with E-state index < -0.39 is 0 Å². The van der Waals surface area contributed by atoms with Crippen LogP contribution in [0.3, 0.4) is 0 Å². The highest BCUT2D eigenvalue weighted by molar-refractivity contribution is 5.80. The fourth-order valence-corrected chi connectivity index (χ4v) is 4.16. The summed E-state index contributed by atoms with van der Waals surface area (Å²) in [5, 5.41) is 0. The average Bonchev–Trinajstić information content (AvgIpc) is 3.08. The van der Waals surface area contributed by atoms with Crippen molar-refractivity contribution in [1.82, 2.24) is 14.9 Å². The van der Waals surface area contributed by atoms with Crippen LogP contribution < -0.4 is 0 Å². The average molecular weight is 354 g/mol. The van der Waals surface area contributed by atoms with Crippen molar-refractivity contribution in [3.8, 4) is 0 Å². The standard InChI is InChI=1S/C22H31N3O/c1-15(2)12-18(13-16(3)4)22(26)25-11-10-19-20(24-14-23-19)21(25)17-8-6-5-7-9-17/h5-9,14-16,18,21H,10-13H2,1-4H3,(H,23,24). The lowest BCUT2D eigenvalue weighted by molar-refractivity contribution is -0.139. The Morgan fingerprint density at radius 1 is 1.15 bits per heavy atom.